The van der Waals surface area contributed by atoms with Gasteiger partial charge in [0.2, 0.25) is 5.91 Å². The molecule has 1 amide bonds. The second-order valence-corrected chi connectivity index (χ2v) is 10.8. The maximum atomic E-state index is 13.4. The molecule has 4 saturated carbocycles. The molecule has 7 rings (SSSR count). The van der Waals surface area contributed by atoms with Crippen LogP contribution in [0.5, 0.6) is 0 Å². The molecular weight excluding hydrogens is 402 g/mol. The number of carbonyl (C=O) groups is 1. The molecule has 1 saturated heterocycles. The molecule has 7 heteroatoms. The quantitative estimate of drug-likeness (QED) is 0.753. The topological polar surface area (TPSA) is 93.2 Å². The standard InChI is InChI=1S/C25H33N5O2/c26-22(31)15-27-23-24(32)30(21-4-2-1-3-20(21)28-23)19-5-7-29(8-6-19)25-12-16-9-17(13-25)11-18(10-16)14-25/h1-4,16-19H,5-15H2,(H2,26,31)(H,27,28). The van der Waals surface area contributed by atoms with Gasteiger partial charge < -0.3 is 15.6 Å². The van der Waals surface area contributed by atoms with E-state index >= 15 is 0 Å². The van der Waals surface area contributed by atoms with Gasteiger partial charge >= 0.3 is 0 Å². The number of fused-ring (bicyclic) bond motifs is 1. The van der Waals surface area contributed by atoms with Gasteiger partial charge in [0.05, 0.1) is 17.6 Å². The minimum absolute atomic E-state index is 0.0922. The van der Waals surface area contributed by atoms with Gasteiger partial charge in [-0.25, -0.2) is 4.98 Å². The van der Waals surface area contributed by atoms with Crippen LogP contribution < -0.4 is 16.6 Å². The first-order chi connectivity index (χ1) is 15.5. The predicted octanol–water partition coefficient (Wildman–Crippen LogP) is 2.90. The monoisotopic (exact) mass is 435 g/mol. The molecule has 1 aromatic heterocycles. The molecule has 0 atom stereocenters. The van der Waals surface area contributed by atoms with Crippen LogP contribution in [0.1, 0.15) is 57.4 Å². The second kappa shape index (κ2) is 7.58. The van der Waals surface area contributed by atoms with Crippen molar-refractivity contribution in [2.24, 2.45) is 23.5 Å². The molecular formula is C25H33N5O2. The highest BCUT2D eigenvalue weighted by Gasteiger charge is 2.53. The molecule has 0 unspecified atom stereocenters. The zero-order valence-corrected chi connectivity index (χ0v) is 18.6. The van der Waals surface area contributed by atoms with E-state index in [4.69, 9.17) is 5.73 Å². The number of aromatic nitrogens is 2. The number of rotatable bonds is 5. The number of hydrogen-bond acceptors (Lipinski definition) is 5. The summed E-state index contributed by atoms with van der Waals surface area (Å²) in [5.74, 6) is 2.56. The number of nitrogens with one attached hydrogen (secondary N) is 1. The number of primary amides is 1. The summed E-state index contributed by atoms with van der Waals surface area (Å²) < 4.78 is 1.92. The molecule has 0 spiro atoms. The van der Waals surface area contributed by atoms with Gasteiger partial charge in [-0.05, 0) is 81.3 Å². The molecule has 1 aromatic carbocycles. The van der Waals surface area contributed by atoms with Crippen molar-refractivity contribution in [3.63, 3.8) is 0 Å². The molecule has 1 aliphatic heterocycles. The molecule has 170 valence electrons. The molecule has 0 radical (unpaired) electrons. The van der Waals surface area contributed by atoms with Crippen molar-refractivity contribution >= 4 is 22.8 Å². The van der Waals surface area contributed by atoms with Gasteiger partial charge in [0, 0.05) is 24.7 Å². The average Bonchev–Trinajstić information content (AvgIpc) is 2.77. The zero-order chi connectivity index (χ0) is 21.9. The van der Waals surface area contributed by atoms with Crippen LogP contribution in [-0.4, -0.2) is 45.5 Å². The first-order valence-corrected chi connectivity index (χ1v) is 12.3. The smallest absolute Gasteiger partial charge is 0.294 e. The van der Waals surface area contributed by atoms with Crippen molar-refractivity contribution in [2.75, 3.05) is 25.0 Å². The Labute approximate surface area is 188 Å². The van der Waals surface area contributed by atoms with E-state index in [1.54, 1.807) is 0 Å². The number of amides is 1. The summed E-state index contributed by atoms with van der Waals surface area (Å²) in [6, 6.07) is 7.94. The lowest BCUT2D eigenvalue weighted by Crippen LogP contribution is -2.61. The Morgan fingerprint density at radius 2 is 1.69 bits per heavy atom. The number of likely N-dealkylation sites (tertiary alicyclic amines) is 1. The van der Waals surface area contributed by atoms with E-state index in [-0.39, 0.29) is 24.0 Å². The van der Waals surface area contributed by atoms with Crippen molar-refractivity contribution in [1.82, 2.24) is 14.5 Å². The van der Waals surface area contributed by atoms with E-state index < -0.39 is 5.91 Å². The van der Waals surface area contributed by atoms with Crippen molar-refractivity contribution in [3.05, 3.63) is 34.6 Å². The third-order valence-electron chi connectivity index (χ3n) is 8.73. The summed E-state index contributed by atoms with van der Waals surface area (Å²) in [7, 11) is 0. The van der Waals surface area contributed by atoms with Crippen LogP contribution >= 0.6 is 0 Å². The second-order valence-electron chi connectivity index (χ2n) is 10.8. The number of anilines is 1. The summed E-state index contributed by atoms with van der Waals surface area (Å²) >= 11 is 0. The van der Waals surface area contributed by atoms with Crippen LogP contribution in [0.4, 0.5) is 5.82 Å². The van der Waals surface area contributed by atoms with Crippen molar-refractivity contribution in [2.45, 2.75) is 62.9 Å². The summed E-state index contributed by atoms with van der Waals surface area (Å²) in [4.78, 5) is 31.9. The Kier molecular flexibility index (Phi) is 4.79. The number of carbonyl (C=O) groups excluding carboxylic acids is 1. The van der Waals surface area contributed by atoms with Gasteiger partial charge in [-0.1, -0.05) is 12.1 Å². The average molecular weight is 436 g/mol. The number of hydrogen-bond donors (Lipinski definition) is 2. The Bertz CT molecular complexity index is 1070. The summed E-state index contributed by atoms with van der Waals surface area (Å²) in [5.41, 5.74) is 7.19. The zero-order valence-electron chi connectivity index (χ0n) is 18.6. The van der Waals surface area contributed by atoms with Crippen LogP contribution in [0.3, 0.4) is 0 Å². The molecule has 4 aliphatic carbocycles. The Morgan fingerprint density at radius 1 is 1.06 bits per heavy atom. The molecule has 32 heavy (non-hydrogen) atoms. The molecule has 4 bridgehead atoms. The van der Waals surface area contributed by atoms with Crippen LogP contribution in [0, 0.1) is 17.8 Å². The maximum Gasteiger partial charge on any atom is 0.294 e. The number of benzene rings is 1. The first-order valence-electron chi connectivity index (χ1n) is 12.3. The fraction of sp³-hybridized carbons (Fsp3) is 0.640. The third-order valence-corrected chi connectivity index (χ3v) is 8.73. The highest BCUT2D eigenvalue weighted by atomic mass is 16.1. The van der Waals surface area contributed by atoms with Crippen LogP contribution in [-0.2, 0) is 4.79 Å². The molecule has 3 N–H and O–H groups in total. The fourth-order valence-corrected chi connectivity index (χ4v) is 7.85. The van der Waals surface area contributed by atoms with Crippen molar-refractivity contribution < 1.29 is 4.79 Å². The highest BCUT2D eigenvalue weighted by molar-refractivity contribution is 5.80. The number of nitrogens with two attached hydrogens (primary N) is 1. The van der Waals surface area contributed by atoms with E-state index in [9.17, 15) is 9.59 Å². The minimum atomic E-state index is -0.505. The van der Waals surface area contributed by atoms with Crippen LogP contribution in [0.2, 0.25) is 0 Å². The molecule has 7 nitrogen and oxygen atoms in total. The van der Waals surface area contributed by atoms with Crippen molar-refractivity contribution in [1.29, 1.82) is 0 Å². The Hall–Kier alpha value is -2.41. The van der Waals surface area contributed by atoms with Gasteiger partial charge in [-0.3, -0.25) is 14.5 Å². The lowest BCUT2D eigenvalue weighted by atomic mass is 9.52. The third kappa shape index (κ3) is 3.33. The van der Waals surface area contributed by atoms with E-state index in [1.165, 1.54) is 38.5 Å². The van der Waals surface area contributed by atoms with Crippen LogP contribution in [0.15, 0.2) is 29.1 Å². The number of piperidine rings is 1. The molecule has 2 aromatic rings. The number of nitrogens with zero attached hydrogens (tertiary/aromatic N) is 3. The van der Waals surface area contributed by atoms with E-state index in [1.807, 2.05) is 28.8 Å². The largest absolute Gasteiger partial charge is 0.368 e. The summed E-state index contributed by atoms with van der Waals surface area (Å²) in [6.45, 7) is 2.03. The van der Waals surface area contributed by atoms with E-state index in [0.29, 0.717) is 5.54 Å². The van der Waals surface area contributed by atoms with Crippen molar-refractivity contribution in [3.8, 4) is 0 Å². The van der Waals surface area contributed by atoms with Crippen LogP contribution in [0.25, 0.3) is 11.0 Å². The fourth-order valence-electron chi connectivity index (χ4n) is 7.85. The van der Waals surface area contributed by atoms with Gasteiger partial charge in [-0.15, -0.1) is 0 Å². The van der Waals surface area contributed by atoms with E-state index in [0.717, 1.165) is 54.7 Å². The van der Waals surface area contributed by atoms with Gasteiger partial charge in [0.25, 0.3) is 5.56 Å². The first kappa shape index (κ1) is 20.2. The normalized spacial score (nSPS) is 32.4. The Morgan fingerprint density at radius 3 is 2.31 bits per heavy atom. The van der Waals surface area contributed by atoms with Gasteiger partial charge in [0.1, 0.15) is 0 Å². The lowest BCUT2D eigenvalue weighted by molar-refractivity contribution is -0.116. The predicted molar refractivity (Wildman–Crippen MR) is 124 cm³/mol. The molecule has 2 heterocycles. The van der Waals surface area contributed by atoms with Gasteiger partial charge in [-0.2, -0.15) is 0 Å². The summed E-state index contributed by atoms with van der Waals surface area (Å²) in [6.07, 6.45) is 10.5. The highest BCUT2D eigenvalue weighted by Crippen LogP contribution is 2.58. The molecule has 5 fully saturated rings. The summed E-state index contributed by atoms with van der Waals surface area (Å²) in [5, 5.41) is 2.85. The minimum Gasteiger partial charge on any atom is -0.368 e. The van der Waals surface area contributed by atoms with E-state index in [2.05, 4.69) is 15.2 Å². The lowest BCUT2D eigenvalue weighted by Gasteiger charge is -2.61. The maximum absolute atomic E-state index is 13.4. The molecule has 5 aliphatic rings. The number of para-hydroxylation sites is 2. The SMILES string of the molecule is NC(=O)CNc1nc2ccccc2n(C2CCN(C34CC5CC(CC(C5)C3)C4)CC2)c1=O. The Balaban J connectivity index is 1.27. The van der Waals surface area contributed by atoms with Gasteiger partial charge in [0.15, 0.2) is 5.82 Å².